The van der Waals surface area contributed by atoms with Crippen LogP contribution in [0.25, 0.3) is 17.2 Å². The van der Waals surface area contributed by atoms with Crippen LogP contribution in [0.4, 0.5) is 0 Å². The average Bonchev–Trinajstić information content (AvgIpc) is 2.93. The normalized spacial score (nSPS) is 15.8. The van der Waals surface area contributed by atoms with Crippen molar-refractivity contribution in [1.29, 1.82) is 0 Å². The predicted octanol–water partition coefficient (Wildman–Crippen LogP) is 2.75. The fourth-order valence-electron chi connectivity index (χ4n) is 2.05. The van der Waals surface area contributed by atoms with Crippen LogP contribution >= 0.6 is 0 Å². The second-order valence-corrected chi connectivity index (χ2v) is 5.74. The zero-order valence-corrected chi connectivity index (χ0v) is 13.2. The van der Waals surface area contributed by atoms with Gasteiger partial charge in [0.1, 0.15) is 5.52 Å². The van der Waals surface area contributed by atoms with E-state index in [2.05, 4.69) is 10.3 Å². The number of para-hydroxylation sites is 2. The van der Waals surface area contributed by atoms with Gasteiger partial charge in [-0.2, -0.15) is 0 Å². The molecule has 5 heteroatoms. The molecule has 2 aromatic rings. The molecule has 0 spiro atoms. The molecule has 0 aliphatic carbocycles. The number of fused-ring (bicyclic) bond motifs is 1. The molecule has 1 heterocycles. The van der Waals surface area contributed by atoms with E-state index in [4.69, 9.17) is 4.42 Å². The topological polar surface area (TPSA) is 75.4 Å². The van der Waals surface area contributed by atoms with Crippen LogP contribution in [0, 0.1) is 5.92 Å². The van der Waals surface area contributed by atoms with Crippen molar-refractivity contribution in [3.05, 3.63) is 36.2 Å². The van der Waals surface area contributed by atoms with Gasteiger partial charge in [-0.3, -0.25) is 4.79 Å². The molecular formula is C17H22N2O3. The van der Waals surface area contributed by atoms with Crippen molar-refractivity contribution in [3.8, 4) is 0 Å². The molecule has 0 aliphatic rings. The zero-order valence-electron chi connectivity index (χ0n) is 13.2. The summed E-state index contributed by atoms with van der Waals surface area (Å²) in [5, 5.41) is 12.9. The minimum atomic E-state index is -0.921. The molecule has 0 fully saturated rings. The minimum absolute atomic E-state index is 0.105. The third-order valence-electron chi connectivity index (χ3n) is 3.98. The van der Waals surface area contributed by atoms with Gasteiger partial charge >= 0.3 is 0 Å². The van der Waals surface area contributed by atoms with E-state index in [1.165, 1.54) is 12.2 Å². The first kappa shape index (κ1) is 16.2. The monoisotopic (exact) mass is 302 g/mol. The number of nitrogens with zero attached hydrogens (tertiary/aromatic N) is 1. The Hall–Kier alpha value is -2.14. The first-order valence-corrected chi connectivity index (χ1v) is 7.46. The molecular weight excluding hydrogens is 280 g/mol. The number of rotatable bonds is 6. The number of carbonyl (C=O) groups excluding carboxylic acids is 1. The smallest absolute Gasteiger partial charge is 0.244 e. The Labute approximate surface area is 130 Å². The number of benzene rings is 1. The maximum atomic E-state index is 11.8. The number of aliphatic hydroxyl groups is 1. The van der Waals surface area contributed by atoms with Crippen molar-refractivity contribution >= 4 is 23.1 Å². The number of nitrogens with one attached hydrogen (secondary N) is 1. The van der Waals surface area contributed by atoms with Gasteiger partial charge in [0.05, 0.1) is 5.60 Å². The van der Waals surface area contributed by atoms with Gasteiger partial charge in [0.25, 0.3) is 0 Å². The van der Waals surface area contributed by atoms with Gasteiger partial charge in [-0.15, -0.1) is 0 Å². The number of oxazole rings is 1. The zero-order chi connectivity index (χ0) is 16.2. The van der Waals surface area contributed by atoms with Crippen molar-refractivity contribution in [2.45, 2.75) is 32.8 Å². The molecule has 22 heavy (non-hydrogen) atoms. The van der Waals surface area contributed by atoms with Crippen LogP contribution in [0.5, 0.6) is 0 Å². The number of amides is 1. The Balaban J connectivity index is 1.94. The number of aromatic nitrogens is 1. The van der Waals surface area contributed by atoms with E-state index in [0.29, 0.717) is 11.5 Å². The van der Waals surface area contributed by atoms with Crippen LogP contribution in [0.3, 0.4) is 0 Å². The first-order chi connectivity index (χ1) is 10.4. The minimum Gasteiger partial charge on any atom is -0.437 e. The standard InChI is InChI=1S/C17H22N2O3/c1-4-12(2)17(3,21)11-18-15(20)9-10-16-19-13-7-5-6-8-14(13)22-16/h5-10,12,21H,4,11H2,1-3H3,(H,18,20). The van der Waals surface area contributed by atoms with Crippen molar-refractivity contribution in [2.75, 3.05) is 6.54 Å². The third-order valence-corrected chi connectivity index (χ3v) is 3.98. The SMILES string of the molecule is CCC(C)C(C)(O)CNC(=O)C=Cc1nc2ccccc2o1. The largest absolute Gasteiger partial charge is 0.437 e. The van der Waals surface area contributed by atoms with Gasteiger partial charge in [-0.25, -0.2) is 4.98 Å². The Morgan fingerprint density at radius 3 is 2.91 bits per heavy atom. The van der Waals surface area contributed by atoms with Crippen LogP contribution < -0.4 is 5.32 Å². The number of hydrogen-bond acceptors (Lipinski definition) is 4. The summed E-state index contributed by atoms with van der Waals surface area (Å²) in [5.41, 5.74) is 0.514. The quantitative estimate of drug-likeness (QED) is 0.805. The van der Waals surface area contributed by atoms with Crippen molar-refractivity contribution in [3.63, 3.8) is 0 Å². The molecule has 1 aromatic heterocycles. The summed E-state index contributed by atoms with van der Waals surface area (Å²) in [5.74, 6) is 0.199. The van der Waals surface area contributed by atoms with E-state index in [-0.39, 0.29) is 18.4 Å². The highest BCUT2D eigenvalue weighted by Crippen LogP contribution is 2.19. The Kier molecular flexibility index (Phi) is 4.98. The van der Waals surface area contributed by atoms with Crippen LogP contribution in [-0.2, 0) is 4.79 Å². The summed E-state index contributed by atoms with van der Waals surface area (Å²) in [4.78, 5) is 16.1. The summed E-state index contributed by atoms with van der Waals surface area (Å²) in [7, 11) is 0. The van der Waals surface area contributed by atoms with E-state index in [0.717, 1.165) is 11.9 Å². The van der Waals surface area contributed by atoms with E-state index in [1.54, 1.807) is 6.92 Å². The lowest BCUT2D eigenvalue weighted by Crippen LogP contribution is -2.44. The van der Waals surface area contributed by atoms with Gasteiger partial charge in [0.15, 0.2) is 5.58 Å². The highest BCUT2D eigenvalue weighted by molar-refractivity contribution is 5.91. The second kappa shape index (κ2) is 6.75. The van der Waals surface area contributed by atoms with Gasteiger partial charge in [0.2, 0.25) is 11.8 Å². The molecule has 0 saturated carbocycles. The molecule has 118 valence electrons. The molecule has 2 unspecified atom stereocenters. The summed E-state index contributed by atoms with van der Waals surface area (Å²) >= 11 is 0. The van der Waals surface area contributed by atoms with Crippen molar-refractivity contribution in [2.24, 2.45) is 5.92 Å². The highest BCUT2D eigenvalue weighted by Gasteiger charge is 2.27. The molecule has 2 rings (SSSR count). The summed E-state index contributed by atoms with van der Waals surface area (Å²) < 4.78 is 5.49. The highest BCUT2D eigenvalue weighted by atomic mass is 16.3. The van der Waals surface area contributed by atoms with Gasteiger partial charge in [-0.1, -0.05) is 32.4 Å². The van der Waals surface area contributed by atoms with Gasteiger partial charge in [0, 0.05) is 18.7 Å². The van der Waals surface area contributed by atoms with Crippen LogP contribution in [-0.4, -0.2) is 28.1 Å². The summed E-state index contributed by atoms with van der Waals surface area (Å²) in [6, 6.07) is 7.41. The molecule has 1 amide bonds. The van der Waals surface area contributed by atoms with E-state index < -0.39 is 5.60 Å². The molecule has 0 saturated heterocycles. The molecule has 0 radical (unpaired) electrons. The number of carbonyl (C=O) groups is 1. The Morgan fingerprint density at radius 1 is 1.50 bits per heavy atom. The Bertz CT molecular complexity index is 640. The molecule has 0 aliphatic heterocycles. The predicted molar refractivity (Wildman–Crippen MR) is 86.1 cm³/mol. The molecule has 0 bridgehead atoms. The van der Waals surface area contributed by atoms with Crippen molar-refractivity contribution < 1.29 is 14.3 Å². The van der Waals surface area contributed by atoms with Crippen LogP contribution in [0.2, 0.25) is 0 Å². The summed E-state index contributed by atoms with van der Waals surface area (Å²) in [6.07, 6.45) is 3.73. The number of hydrogen-bond donors (Lipinski definition) is 2. The fourth-order valence-corrected chi connectivity index (χ4v) is 2.05. The van der Waals surface area contributed by atoms with Gasteiger partial charge < -0.3 is 14.8 Å². The average molecular weight is 302 g/mol. The van der Waals surface area contributed by atoms with E-state index >= 15 is 0 Å². The lowest BCUT2D eigenvalue weighted by atomic mass is 9.89. The second-order valence-electron chi connectivity index (χ2n) is 5.74. The maximum absolute atomic E-state index is 11.8. The lowest BCUT2D eigenvalue weighted by Gasteiger charge is -2.29. The van der Waals surface area contributed by atoms with Crippen molar-refractivity contribution in [1.82, 2.24) is 10.3 Å². The molecule has 2 atom stereocenters. The van der Waals surface area contributed by atoms with Crippen LogP contribution in [0.1, 0.15) is 33.1 Å². The lowest BCUT2D eigenvalue weighted by molar-refractivity contribution is -0.118. The third kappa shape index (κ3) is 3.95. The van der Waals surface area contributed by atoms with Gasteiger partial charge in [-0.05, 0) is 25.0 Å². The fraction of sp³-hybridized carbons (Fsp3) is 0.412. The van der Waals surface area contributed by atoms with E-state index in [9.17, 15) is 9.90 Å². The maximum Gasteiger partial charge on any atom is 0.244 e. The van der Waals surface area contributed by atoms with Crippen LogP contribution in [0.15, 0.2) is 34.8 Å². The molecule has 1 aromatic carbocycles. The first-order valence-electron chi connectivity index (χ1n) is 7.46. The molecule has 5 nitrogen and oxygen atoms in total. The Morgan fingerprint density at radius 2 is 2.23 bits per heavy atom. The molecule has 2 N–H and O–H groups in total. The summed E-state index contributed by atoms with van der Waals surface area (Å²) in [6.45, 7) is 5.90. The van der Waals surface area contributed by atoms with E-state index in [1.807, 2.05) is 38.1 Å².